The number of thiazole rings is 1. The van der Waals surface area contributed by atoms with Crippen LogP contribution in [0.15, 0.2) is 10.7 Å². The van der Waals surface area contributed by atoms with Gasteiger partial charge in [0, 0.05) is 6.54 Å². The van der Waals surface area contributed by atoms with Crippen LogP contribution in [0.25, 0.3) is 10.3 Å². The first-order chi connectivity index (χ1) is 9.20. The summed E-state index contributed by atoms with van der Waals surface area (Å²) in [5, 5.41) is 9.27. The second-order valence-corrected chi connectivity index (χ2v) is 6.28. The van der Waals surface area contributed by atoms with Crippen molar-refractivity contribution in [2.75, 3.05) is 17.7 Å². The first kappa shape index (κ1) is 12.6. The number of thioether (sulfide) groups is 1. The Balaban J connectivity index is 2.09. The lowest BCUT2D eigenvalue weighted by atomic mass is 10.2. The Morgan fingerprint density at radius 1 is 1.58 bits per heavy atom. The molecule has 3 rings (SSSR count). The minimum absolute atomic E-state index is 0.488. The molecule has 3 heterocycles. The molecule has 1 saturated heterocycles. The Labute approximate surface area is 117 Å². The number of fused-ring (bicyclic) bond motifs is 1. The van der Waals surface area contributed by atoms with Gasteiger partial charge in [0.15, 0.2) is 15.8 Å². The quantitative estimate of drug-likeness (QED) is 0.866. The molecule has 1 N–H and O–H groups in total. The average Bonchev–Trinajstić information content (AvgIpc) is 3.04. The van der Waals surface area contributed by atoms with Gasteiger partial charge >= 0.3 is 5.97 Å². The van der Waals surface area contributed by atoms with Gasteiger partial charge in [-0.3, -0.25) is 0 Å². The Hall–Kier alpha value is -1.41. The van der Waals surface area contributed by atoms with Crippen molar-refractivity contribution >= 4 is 45.2 Å². The molecule has 19 heavy (non-hydrogen) atoms. The smallest absolute Gasteiger partial charge is 0.326 e. The van der Waals surface area contributed by atoms with E-state index in [1.165, 1.54) is 17.7 Å². The number of carboxylic acid groups (broad SMARTS) is 1. The molecular weight excluding hydrogens is 284 g/mol. The van der Waals surface area contributed by atoms with Crippen molar-refractivity contribution in [3.63, 3.8) is 0 Å². The standard InChI is InChI=1S/C11H12N4O2S2/c1-18-11-14-8-7(19-11)9(13-5-12-8)15-4-2-3-6(15)10(16)17/h5-6H,2-4H2,1H3,(H,16,17)/t6-/m1/s1. The van der Waals surface area contributed by atoms with Gasteiger partial charge in [0.1, 0.15) is 17.1 Å². The molecule has 0 unspecified atom stereocenters. The number of carbonyl (C=O) groups is 1. The van der Waals surface area contributed by atoms with Crippen LogP contribution in [0.4, 0.5) is 5.82 Å². The third kappa shape index (κ3) is 2.14. The van der Waals surface area contributed by atoms with Gasteiger partial charge in [0.05, 0.1) is 0 Å². The lowest BCUT2D eigenvalue weighted by Gasteiger charge is -2.22. The predicted molar refractivity (Wildman–Crippen MR) is 75.0 cm³/mol. The van der Waals surface area contributed by atoms with Gasteiger partial charge in [-0.25, -0.2) is 19.7 Å². The predicted octanol–water partition coefficient (Wildman–Crippen LogP) is 1.86. The van der Waals surface area contributed by atoms with Gasteiger partial charge in [0.25, 0.3) is 0 Å². The summed E-state index contributed by atoms with van der Waals surface area (Å²) >= 11 is 3.07. The summed E-state index contributed by atoms with van der Waals surface area (Å²) in [4.78, 5) is 26.0. The second kappa shape index (κ2) is 4.93. The van der Waals surface area contributed by atoms with Crippen LogP contribution in [-0.2, 0) is 4.79 Å². The summed E-state index contributed by atoms with van der Waals surface area (Å²) in [5.41, 5.74) is 0.649. The molecule has 0 saturated carbocycles. The summed E-state index contributed by atoms with van der Waals surface area (Å²) in [6.45, 7) is 0.718. The van der Waals surface area contributed by atoms with Crippen LogP contribution in [-0.4, -0.2) is 44.9 Å². The molecular formula is C11H12N4O2S2. The van der Waals surface area contributed by atoms with Gasteiger partial charge in [-0.05, 0) is 19.1 Å². The summed E-state index contributed by atoms with van der Waals surface area (Å²) < 4.78 is 1.79. The molecule has 0 aromatic carbocycles. The number of hydrogen-bond donors (Lipinski definition) is 1. The summed E-state index contributed by atoms with van der Waals surface area (Å²) in [5.74, 6) is -0.0911. The fraction of sp³-hybridized carbons (Fsp3) is 0.455. The molecule has 100 valence electrons. The van der Waals surface area contributed by atoms with E-state index in [0.29, 0.717) is 17.9 Å². The summed E-state index contributed by atoms with van der Waals surface area (Å²) in [6, 6.07) is -0.488. The van der Waals surface area contributed by atoms with Gasteiger partial charge < -0.3 is 10.0 Å². The van der Waals surface area contributed by atoms with E-state index in [4.69, 9.17) is 0 Å². The Morgan fingerprint density at radius 3 is 3.16 bits per heavy atom. The molecule has 1 fully saturated rings. The van der Waals surface area contributed by atoms with Crippen LogP contribution in [0.5, 0.6) is 0 Å². The number of hydrogen-bond acceptors (Lipinski definition) is 7. The maximum atomic E-state index is 11.3. The highest BCUT2D eigenvalue weighted by Gasteiger charge is 2.33. The van der Waals surface area contributed by atoms with Gasteiger partial charge in [-0.15, -0.1) is 11.3 Å². The molecule has 0 aliphatic carbocycles. The SMILES string of the molecule is CSc1nc2ncnc(N3CCC[C@@H]3C(=O)O)c2s1. The largest absolute Gasteiger partial charge is 0.480 e. The van der Waals surface area contributed by atoms with Crippen molar-refractivity contribution in [1.29, 1.82) is 0 Å². The molecule has 6 nitrogen and oxygen atoms in total. The van der Waals surface area contributed by atoms with Gasteiger partial charge in [0.2, 0.25) is 0 Å². The number of rotatable bonds is 3. The molecule has 1 aliphatic heterocycles. The maximum Gasteiger partial charge on any atom is 0.326 e. The molecule has 0 bridgehead atoms. The van der Waals surface area contributed by atoms with Crippen LogP contribution >= 0.6 is 23.1 Å². The average molecular weight is 296 g/mol. The fourth-order valence-electron chi connectivity index (χ4n) is 2.29. The lowest BCUT2D eigenvalue weighted by molar-refractivity contribution is -0.138. The lowest BCUT2D eigenvalue weighted by Crippen LogP contribution is -2.36. The molecule has 0 radical (unpaired) electrons. The first-order valence-electron chi connectivity index (χ1n) is 5.85. The molecule has 2 aromatic heterocycles. The van der Waals surface area contributed by atoms with E-state index < -0.39 is 12.0 Å². The second-order valence-electron chi connectivity index (χ2n) is 4.22. The number of aromatic nitrogens is 3. The van der Waals surface area contributed by atoms with E-state index in [9.17, 15) is 9.90 Å². The molecule has 8 heteroatoms. The third-order valence-corrected chi connectivity index (χ3v) is 5.16. The highest BCUT2D eigenvalue weighted by molar-refractivity contribution is 8.00. The minimum Gasteiger partial charge on any atom is -0.480 e. The van der Waals surface area contributed by atoms with Crippen molar-refractivity contribution in [2.45, 2.75) is 23.2 Å². The summed E-state index contributed by atoms with van der Waals surface area (Å²) in [6.07, 6.45) is 4.95. The molecule has 1 aliphatic rings. The molecule has 0 amide bonds. The number of carboxylic acids is 1. The molecule has 2 aromatic rings. The number of anilines is 1. The fourth-order valence-corrected chi connectivity index (χ4v) is 3.81. The minimum atomic E-state index is -0.793. The van der Waals surface area contributed by atoms with Gasteiger partial charge in [-0.1, -0.05) is 11.8 Å². The van der Waals surface area contributed by atoms with E-state index in [-0.39, 0.29) is 0 Å². The Morgan fingerprint density at radius 2 is 2.42 bits per heavy atom. The summed E-state index contributed by atoms with van der Waals surface area (Å²) in [7, 11) is 0. The van der Waals surface area contributed by atoms with Crippen molar-refractivity contribution in [3.05, 3.63) is 6.33 Å². The van der Waals surface area contributed by atoms with Crippen LogP contribution in [0.3, 0.4) is 0 Å². The Kier molecular flexibility index (Phi) is 3.28. The number of aliphatic carboxylic acids is 1. The van der Waals surface area contributed by atoms with E-state index in [0.717, 1.165) is 22.0 Å². The first-order valence-corrected chi connectivity index (χ1v) is 7.90. The van der Waals surface area contributed by atoms with E-state index in [1.807, 2.05) is 11.2 Å². The van der Waals surface area contributed by atoms with E-state index >= 15 is 0 Å². The highest BCUT2D eigenvalue weighted by Crippen LogP contribution is 2.35. The maximum absolute atomic E-state index is 11.3. The normalized spacial score (nSPS) is 19.2. The van der Waals surface area contributed by atoms with E-state index in [2.05, 4.69) is 15.0 Å². The van der Waals surface area contributed by atoms with Crippen molar-refractivity contribution < 1.29 is 9.90 Å². The van der Waals surface area contributed by atoms with Crippen LogP contribution in [0, 0.1) is 0 Å². The zero-order chi connectivity index (χ0) is 13.4. The zero-order valence-electron chi connectivity index (χ0n) is 10.2. The van der Waals surface area contributed by atoms with Crippen molar-refractivity contribution in [3.8, 4) is 0 Å². The number of nitrogens with zero attached hydrogens (tertiary/aromatic N) is 4. The van der Waals surface area contributed by atoms with E-state index in [1.54, 1.807) is 11.8 Å². The van der Waals surface area contributed by atoms with Crippen LogP contribution in [0.1, 0.15) is 12.8 Å². The Bertz CT molecular complexity index is 630. The molecule has 1 atom stereocenters. The monoisotopic (exact) mass is 296 g/mol. The molecule has 0 spiro atoms. The van der Waals surface area contributed by atoms with Gasteiger partial charge in [-0.2, -0.15) is 0 Å². The van der Waals surface area contributed by atoms with Crippen molar-refractivity contribution in [2.24, 2.45) is 0 Å². The third-order valence-electron chi connectivity index (χ3n) is 3.14. The van der Waals surface area contributed by atoms with Crippen LogP contribution in [0.2, 0.25) is 0 Å². The highest BCUT2D eigenvalue weighted by atomic mass is 32.2. The van der Waals surface area contributed by atoms with Crippen molar-refractivity contribution in [1.82, 2.24) is 15.0 Å². The van der Waals surface area contributed by atoms with Crippen LogP contribution < -0.4 is 4.90 Å². The zero-order valence-corrected chi connectivity index (χ0v) is 11.9. The topological polar surface area (TPSA) is 79.2 Å².